The first kappa shape index (κ1) is 29.3. The molecule has 0 bridgehead atoms. The molecule has 0 fully saturated rings. The van der Waals surface area contributed by atoms with Gasteiger partial charge in [-0.1, -0.05) is 60.6 Å². The second-order valence-electron chi connectivity index (χ2n) is 9.56. The molecule has 0 radical (unpaired) electrons. The molecule has 0 saturated carbocycles. The van der Waals surface area contributed by atoms with Gasteiger partial charge in [-0.25, -0.2) is 4.68 Å². The minimum absolute atomic E-state index is 0.293. The number of rotatable bonds is 11. The summed E-state index contributed by atoms with van der Waals surface area (Å²) >= 11 is 7.71. The molecule has 0 spiro atoms. The molecule has 218 valence electrons. The van der Waals surface area contributed by atoms with Crippen molar-refractivity contribution >= 4 is 40.9 Å². The molecule has 1 amide bonds. The quantitative estimate of drug-likeness (QED) is 0.177. The van der Waals surface area contributed by atoms with E-state index in [9.17, 15) is 4.79 Å². The lowest BCUT2D eigenvalue weighted by Crippen LogP contribution is -2.31. The third-order valence-corrected chi connectivity index (χ3v) is 7.93. The van der Waals surface area contributed by atoms with E-state index in [2.05, 4.69) is 17.6 Å². The van der Waals surface area contributed by atoms with E-state index >= 15 is 0 Å². The fourth-order valence-corrected chi connectivity index (χ4v) is 5.58. The van der Waals surface area contributed by atoms with Crippen LogP contribution >= 0.6 is 23.4 Å². The topological polar surface area (TPSA) is 99.5 Å². The van der Waals surface area contributed by atoms with Gasteiger partial charge in [0.05, 0.1) is 25.5 Å². The van der Waals surface area contributed by atoms with Crippen LogP contribution in [0.25, 0.3) is 0 Å². The zero-order valence-corrected chi connectivity index (χ0v) is 25.4. The summed E-state index contributed by atoms with van der Waals surface area (Å²) in [6, 6.07) is 19.8. The number of hydrogen-bond donors (Lipinski definition) is 2. The molecule has 1 atom stereocenters. The number of methoxy groups -OCH3 is 2. The Labute approximate surface area is 254 Å². The summed E-state index contributed by atoms with van der Waals surface area (Å²) in [6.45, 7) is 4.29. The number of para-hydroxylation sites is 2. The van der Waals surface area contributed by atoms with Crippen molar-refractivity contribution in [2.75, 3.05) is 30.6 Å². The lowest BCUT2D eigenvalue weighted by molar-refractivity contribution is -0.113. The normalized spacial score (nSPS) is 14.2. The number of halogens is 1. The smallest absolute Gasteiger partial charge is 0.255 e. The van der Waals surface area contributed by atoms with Gasteiger partial charge in [0.1, 0.15) is 18.4 Å². The van der Waals surface area contributed by atoms with Gasteiger partial charge in [-0.15, -0.1) is 5.10 Å². The van der Waals surface area contributed by atoms with E-state index in [1.807, 2.05) is 61.5 Å². The number of carbonyl (C=O) groups is 1. The van der Waals surface area contributed by atoms with Crippen LogP contribution in [0.5, 0.6) is 17.2 Å². The van der Waals surface area contributed by atoms with Gasteiger partial charge in [-0.05, 0) is 60.9 Å². The molecular formula is C31H32ClN5O4S. The molecule has 3 aromatic carbocycles. The number of ether oxygens (including phenoxy) is 3. The van der Waals surface area contributed by atoms with Crippen LogP contribution in [0.4, 0.5) is 11.6 Å². The van der Waals surface area contributed by atoms with Crippen molar-refractivity contribution < 1.29 is 19.0 Å². The number of amides is 1. The molecule has 1 aliphatic rings. The highest BCUT2D eigenvalue weighted by atomic mass is 35.5. The Hall–Kier alpha value is -4.15. The monoisotopic (exact) mass is 605 g/mol. The Bertz CT molecular complexity index is 1620. The number of thioether (sulfide) groups is 1. The van der Waals surface area contributed by atoms with Crippen LogP contribution in [0, 0.1) is 0 Å². The molecular weight excluding hydrogens is 574 g/mol. The van der Waals surface area contributed by atoms with Gasteiger partial charge in [-0.2, -0.15) is 4.98 Å². The highest BCUT2D eigenvalue weighted by Gasteiger charge is 2.35. The van der Waals surface area contributed by atoms with Crippen molar-refractivity contribution in [1.29, 1.82) is 0 Å². The van der Waals surface area contributed by atoms with Crippen LogP contribution in [0.2, 0.25) is 5.02 Å². The molecule has 1 unspecified atom stereocenters. The van der Waals surface area contributed by atoms with Gasteiger partial charge < -0.3 is 24.8 Å². The van der Waals surface area contributed by atoms with Crippen molar-refractivity contribution in [1.82, 2.24) is 14.8 Å². The van der Waals surface area contributed by atoms with E-state index in [1.54, 1.807) is 42.8 Å². The van der Waals surface area contributed by atoms with Crippen LogP contribution in [0.15, 0.2) is 83.2 Å². The average Bonchev–Trinajstić information content (AvgIpc) is 3.40. The number of benzene rings is 3. The van der Waals surface area contributed by atoms with Crippen molar-refractivity contribution in [2.24, 2.45) is 0 Å². The summed E-state index contributed by atoms with van der Waals surface area (Å²) in [5.41, 5.74) is 3.44. The fourth-order valence-electron chi connectivity index (χ4n) is 4.69. The van der Waals surface area contributed by atoms with Gasteiger partial charge in [0.2, 0.25) is 11.1 Å². The number of hydrogen-bond acceptors (Lipinski definition) is 8. The molecule has 1 aliphatic heterocycles. The van der Waals surface area contributed by atoms with Crippen molar-refractivity contribution in [3.05, 3.63) is 94.1 Å². The Morgan fingerprint density at radius 3 is 2.62 bits per heavy atom. The number of allylic oxidation sites excluding steroid dienone is 1. The predicted molar refractivity (Wildman–Crippen MR) is 166 cm³/mol. The van der Waals surface area contributed by atoms with Crippen LogP contribution in [-0.4, -0.2) is 40.6 Å². The van der Waals surface area contributed by atoms with Gasteiger partial charge >= 0.3 is 0 Å². The summed E-state index contributed by atoms with van der Waals surface area (Å²) in [5.74, 6) is 2.80. The molecule has 42 heavy (non-hydrogen) atoms. The molecule has 2 N–H and O–H groups in total. The Morgan fingerprint density at radius 1 is 1.05 bits per heavy atom. The lowest BCUT2D eigenvalue weighted by atomic mass is 9.94. The number of carbonyl (C=O) groups excluding carboxylic acids is 1. The minimum atomic E-state index is -0.588. The fraction of sp³-hybridized carbons (Fsp3) is 0.258. The van der Waals surface area contributed by atoms with E-state index in [4.69, 9.17) is 35.9 Å². The highest BCUT2D eigenvalue weighted by Crippen LogP contribution is 2.40. The second kappa shape index (κ2) is 13.2. The molecule has 4 aromatic rings. The summed E-state index contributed by atoms with van der Waals surface area (Å²) in [7, 11) is 3.16. The Morgan fingerprint density at radius 2 is 1.86 bits per heavy atom. The number of anilines is 2. The number of nitrogens with one attached hydrogen (secondary N) is 2. The number of fused-ring (bicyclic) bond motifs is 1. The van der Waals surface area contributed by atoms with Crippen molar-refractivity contribution in [3.8, 4) is 17.2 Å². The predicted octanol–water partition coefficient (Wildman–Crippen LogP) is 6.96. The van der Waals surface area contributed by atoms with Crippen LogP contribution < -0.4 is 24.8 Å². The zero-order chi connectivity index (χ0) is 29.6. The van der Waals surface area contributed by atoms with Gasteiger partial charge in [-0.3, -0.25) is 4.79 Å². The Balaban J connectivity index is 1.52. The first-order chi connectivity index (χ1) is 20.4. The van der Waals surface area contributed by atoms with Gasteiger partial charge in [0.15, 0.2) is 11.5 Å². The minimum Gasteiger partial charge on any atom is -0.495 e. The van der Waals surface area contributed by atoms with E-state index in [1.165, 1.54) is 0 Å². The molecule has 2 heterocycles. The Kier molecular flexibility index (Phi) is 9.24. The standard InChI is InChI=1S/C31H32ClN5O4S/c1-5-15-42-31-35-30-33-19(2)27(29(38)34-23-11-6-7-12-24(23)39-3)28(37(30)36-31)21-13-14-25(26(17-21)40-4)41-18-20-9-8-10-22(32)16-20/h6-14,16-17,28H,5,15,18H2,1-4H3,(H,34,38)(H,33,35,36). The van der Waals surface area contributed by atoms with E-state index in [-0.39, 0.29) is 5.91 Å². The first-order valence-electron chi connectivity index (χ1n) is 13.5. The van der Waals surface area contributed by atoms with E-state index in [0.717, 1.165) is 23.3 Å². The summed E-state index contributed by atoms with van der Waals surface area (Å²) in [5, 5.41) is 12.4. The molecule has 1 aromatic heterocycles. The summed E-state index contributed by atoms with van der Waals surface area (Å²) in [6.07, 6.45) is 0.989. The average molecular weight is 606 g/mol. The molecule has 5 rings (SSSR count). The van der Waals surface area contributed by atoms with Gasteiger partial charge in [0, 0.05) is 16.5 Å². The van der Waals surface area contributed by atoms with E-state index in [0.29, 0.717) is 56.9 Å². The maximum atomic E-state index is 13.9. The van der Waals surface area contributed by atoms with Crippen molar-refractivity contribution in [2.45, 2.75) is 38.1 Å². The maximum Gasteiger partial charge on any atom is 0.255 e. The SMILES string of the molecule is CCCSc1nc2n(n1)C(c1ccc(OCc3cccc(Cl)c3)c(OC)c1)C(C(=O)Nc1ccccc1OC)=C(C)N2. The van der Waals surface area contributed by atoms with Crippen LogP contribution in [0.1, 0.15) is 37.4 Å². The van der Waals surface area contributed by atoms with Crippen LogP contribution in [-0.2, 0) is 11.4 Å². The van der Waals surface area contributed by atoms with E-state index < -0.39 is 6.04 Å². The molecule has 0 saturated heterocycles. The molecule has 9 nitrogen and oxygen atoms in total. The molecule has 0 aliphatic carbocycles. The highest BCUT2D eigenvalue weighted by molar-refractivity contribution is 7.99. The number of nitrogens with zero attached hydrogens (tertiary/aromatic N) is 3. The summed E-state index contributed by atoms with van der Waals surface area (Å²) < 4.78 is 19.0. The van der Waals surface area contributed by atoms with Crippen LogP contribution in [0.3, 0.4) is 0 Å². The largest absolute Gasteiger partial charge is 0.495 e. The molecule has 11 heteroatoms. The summed E-state index contributed by atoms with van der Waals surface area (Å²) in [4.78, 5) is 18.6. The second-order valence-corrected chi connectivity index (χ2v) is 11.1. The third kappa shape index (κ3) is 6.34. The van der Waals surface area contributed by atoms with Crippen molar-refractivity contribution in [3.63, 3.8) is 0 Å². The number of aromatic nitrogens is 3. The maximum absolute atomic E-state index is 13.9. The van der Waals surface area contributed by atoms with Gasteiger partial charge in [0.25, 0.3) is 5.91 Å². The lowest BCUT2D eigenvalue weighted by Gasteiger charge is -2.29. The zero-order valence-electron chi connectivity index (χ0n) is 23.8. The first-order valence-corrected chi connectivity index (χ1v) is 14.8. The third-order valence-electron chi connectivity index (χ3n) is 6.66.